The fourth-order valence-corrected chi connectivity index (χ4v) is 5.72. The summed E-state index contributed by atoms with van der Waals surface area (Å²) in [6.07, 6.45) is 8.40. The van der Waals surface area contributed by atoms with Gasteiger partial charge in [0.05, 0.1) is 21.9 Å². The molecular weight excluding hydrogens is 306 g/mol. The first-order chi connectivity index (χ1) is 11.0. The van der Waals surface area contributed by atoms with Gasteiger partial charge in [-0.05, 0) is 50.7 Å². The Morgan fingerprint density at radius 2 is 2.00 bits per heavy atom. The van der Waals surface area contributed by atoms with Crippen molar-refractivity contribution in [3.8, 4) is 0 Å². The molecule has 1 aliphatic carbocycles. The Hall–Kier alpha value is -1.42. The molecule has 23 heavy (non-hydrogen) atoms. The number of hydrogen-bond acceptors (Lipinski definition) is 3. The van der Waals surface area contributed by atoms with Gasteiger partial charge in [-0.2, -0.15) is 0 Å². The van der Waals surface area contributed by atoms with Crippen LogP contribution in [0.2, 0.25) is 0 Å². The molecule has 1 aliphatic heterocycles. The molecule has 0 amide bonds. The molecule has 2 aliphatic rings. The molecule has 1 aromatic rings. The highest BCUT2D eigenvalue weighted by molar-refractivity contribution is 7.91. The molecule has 0 spiro atoms. The van der Waals surface area contributed by atoms with E-state index in [-0.39, 0.29) is 5.75 Å². The average molecular weight is 331 g/mol. The van der Waals surface area contributed by atoms with Crippen molar-refractivity contribution in [3.05, 3.63) is 41.5 Å². The van der Waals surface area contributed by atoms with Crippen molar-refractivity contribution in [2.75, 3.05) is 5.75 Å². The summed E-state index contributed by atoms with van der Waals surface area (Å²) in [5.74, 6) is 0.0988. The number of hydrogen-bond donors (Lipinski definition) is 0. The van der Waals surface area contributed by atoms with E-state index >= 15 is 0 Å². The minimum absolute atomic E-state index is 0.0988. The molecule has 1 atom stereocenters. The molecule has 1 aromatic carbocycles. The summed E-state index contributed by atoms with van der Waals surface area (Å²) in [5.41, 5.74) is 2.39. The van der Waals surface area contributed by atoms with Gasteiger partial charge in [0.1, 0.15) is 0 Å². The van der Waals surface area contributed by atoms with Gasteiger partial charge in [0.25, 0.3) is 0 Å². The molecule has 0 N–H and O–H groups in total. The van der Waals surface area contributed by atoms with E-state index in [2.05, 4.69) is 13.0 Å². The van der Waals surface area contributed by atoms with Gasteiger partial charge >= 0.3 is 0 Å². The SMILES string of the molecule is CCCC1(C)CS(=O)(=O)c2ccccc2C(C2=CCCCC2)=N1. The number of allylic oxidation sites excluding steroid dienone is 2. The van der Waals surface area contributed by atoms with Gasteiger partial charge < -0.3 is 0 Å². The molecule has 124 valence electrons. The van der Waals surface area contributed by atoms with E-state index in [4.69, 9.17) is 4.99 Å². The molecule has 0 saturated carbocycles. The molecule has 4 heteroatoms. The van der Waals surface area contributed by atoms with Crippen molar-refractivity contribution in [3.63, 3.8) is 0 Å². The first-order valence-corrected chi connectivity index (χ1v) is 10.2. The lowest BCUT2D eigenvalue weighted by Gasteiger charge is -2.24. The number of rotatable bonds is 3. The molecule has 3 nitrogen and oxygen atoms in total. The maximum atomic E-state index is 12.9. The minimum atomic E-state index is -3.32. The van der Waals surface area contributed by atoms with Crippen LogP contribution in [0.4, 0.5) is 0 Å². The molecule has 0 aromatic heterocycles. The zero-order valence-electron chi connectivity index (χ0n) is 14.0. The van der Waals surface area contributed by atoms with E-state index in [1.54, 1.807) is 6.07 Å². The highest BCUT2D eigenvalue weighted by Gasteiger charge is 2.37. The number of sulfone groups is 1. The van der Waals surface area contributed by atoms with Crippen LogP contribution < -0.4 is 0 Å². The molecule has 1 unspecified atom stereocenters. The van der Waals surface area contributed by atoms with Crippen LogP contribution in [0.1, 0.15) is 57.9 Å². The maximum Gasteiger partial charge on any atom is 0.181 e. The van der Waals surface area contributed by atoms with Crippen LogP contribution in [0, 0.1) is 0 Å². The van der Waals surface area contributed by atoms with E-state index in [1.807, 2.05) is 25.1 Å². The van der Waals surface area contributed by atoms with Gasteiger partial charge in [-0.15, -0.1) is 0 Å². The van der Waals surface area contributed by atoms with Gasteiger partial charge in [-0.25, -0.2) is 8.42 Å². The van der Waals surface area contributed by atoms with E-state index < -0.39 is 15.4 Å². The minimum Gasteiger partial charge on any atom is -0.277 e. The first-order valence-electron chi connectivity index (χ1n) is 8.57. The number of aliphatic imine (C=N–C) groups is 1. The highest BCUT2D eigenvalue weighted by Crippen LogP contribution is 2.34. The summed E-state index contributed by atoms with van der Waals surface area (Å²) in [5, 5.41) is 0. The fourth-order valence-electron chi connectivity index (χ4n) is 3.75. The predicted octanol–water partition coefficient (Wildman–Crippen LogP) is 4.32. The standard InChI is InChI=1S/C19H25NO2S/c1-3-13-19(2)14-23(21,22)17-12-8-7-11-16(17)18(20-19)15-9-5-4-6-10-15/h7-9,11-12H,3-6,10,13-14H2,1-2H3. The van der Waals surface area contributed by atoms with Gasteiger partial charge in [0.15, 0.2) is 9.84 Å². The monoisotopic (exact) mass is 331 g/mol. The van der Waals surface area contributed by atoms with Crippen LogP contribution in [0.15, 0.2) is 45.8 Å². The third kappa shape index (κ3) is 3.27. The Labute approximate surface area is 139 Å². The first kappa shape index (κ1) is 16.4. The normalized spacial score (nSPS) is 26.7. The van der Waals surface area contributed by atoms with E-state index in [0.29, 0.717) is 4.90 Å². The summed E-state index contributed by atoms with van der Waals surface area (Å²) in [6.45, 7) is 4.08. The third-order valence-corrected chi connectivity index (χ3v) is 6.77. The maximum absolute atomic E-state index is 12.9. The Morgan fingerprint density at radius 3 is 2.70 bits per heavy atom. The number of nitrogens with zero attached hydrogens (tertiary/aromatic N) is 1. The smallest absolute Gasteiger partial charge is 0.181 e. The Balaban J connectivity index is 2.22. The van der Waals surface area contributed by atoms with Crippen LogP contribution in [-0.2, 0) is 9.84 Å². The second-order valence-corrected chi connectivity index (χ2v) is 8.90. The second-order valence-electron chi connectivity index (χ2n) is 6.94. The molecule has 0 radical (unpaired) electrons. The van der Waals surface area contributed by atoms with Crippen LogP contribution in [0.5, 0.6) is 0 Å². The zero-order valence-corrected chi connectivity index (χ0v) is 14.8. The average Bonchev–Trinajstić information content (AvgIpc) is 2.61. The summed E-state index contributed by atoms with van der Waals surface area (Å²) >= 11 is 0. The van der Waals surface area contributed by atoms with Crippen molar-refractivity contribution >= 4 is 15.5 Å². The lowest BCUT2D eigenvalue weighted by atomic mass is 9.90. The van der Waals surface area contributed by atoms with Gasteiger partial charge in [-0.1, -0.05) is 37.6 Å². The van der Waals surface area contributed by atoms with Gasteiger partial charge in [0, 0.05) is 5.56 Å². The molecular formula is C19H25NO2S. The summed E-state index contributed by atoms with van der Waals surface area (Å²) in [6, 6.07) is 7.38. The van der Waals surface area contributed by atoms with Crippen LogP contribution in [-0.4, -0.2) is 25.4 Å². The summed E-state index contributed by atoms with van der Waals surface area (Å²) < 4.78 is 25.8. The number of benzene rings is 1. The summed E-state index contributed by atoms with van der Waals surface area (Å²) in [4.78, 5) is 5.48. The molecule has 0 bridgehead atoms. The van der Waals surface area contributed by atoms with Crippen LogP contribution in [0.3, 0.4) is 0 Å². The predicted molar refractivity (Wildman–Crippen MR) is 94.9 cm³/mol. The van der Waals surface area contributed by atoms with Crippen molar-refractivity contribution in [1.82, 2.24) is 0 Å². The lowest BCUT2D eigenvalue weighted by Crippen LogP contribution is -2.31. The molecule has 0 fully saturated rings. The molecule has 3 rings (SSSR count). The van der Waals surface area contributed by atoms with E-state index in [1.165, 1.54) is 12.0 Å². The third-order valence-electron chi connectivity index (χ3n) is 4.74. The summed E-state index contributed by atoms with van der Waals surface area (Å²) in [7, 11) is -3.32. The quantitative estimate of drug-likeness (QED) is 0.828. The van der Waals surface area contributed by atoms with Crippen LogP contribution >= 0.6 is 0 Å². The Bertz CT molecular complexity index is 761. The second kappa shape index (κ2) is 6.23. The largest absolute Gasteiger partial charge is 0.277 e. The molecule has 0 saturated heterocycles. The van der Waals surface area contributed by atoms with E-state index in [0.717, 1.165) is 43.4 Å². The van der Waals surface area contributed by atoms with E-state index in [9.17, 15) is 8.42 Å². The zero-order chi connectivity index (χ0) is 16.5. The number of fused-ring (bicyclic) bond motifs is 1. The van der Waals surface area contributed by atoms with Crippen molar-refractivity contribution < 1.29 is 8.42 Å². The van der Waals surface area contributed by atoms with Crippen molar-refractivity contribution in [1.29, 1.82) is 0 Å². The van der Waals surface area contributed by atoms with Gasteiger partial charge in [-0.3, -0.25) is 4.99 Å². The topological polar surface area (TPSA) is 46.5 Å². The molecule has 1 heterocycles. The van der Waals surface area contributed by atoms with Crippen molar-refractivity contribution in [2.45, 2.75) is 62.8 Å². The Morgan fingerprint density at radius 1 is 1.22 bits per heavy atom. The Kier molecular flexibility index (Phi) is 4.45. The fraction of sp³-hybridized carbons (Fsp3) is 0.526. The van der Waals surface area contributed by atoms with Gasteiger partial charge in [0.2, 0.25) is 0 Å². The van der Waals surface area contributed by atoms with Crippen molar-refractivity contribution in [2.24, 2.45) is 4.99 Å². The van der Waals surface area contributed by atoms with Crippen LogP contribution in [0.25, 0.3) is 0 Å². The highest BCUT2D eigenvalue weighted by atomic mass is 32.2. The lowest BCUT2D eigenvalue weighted by molar-refractivity contribution is 0.469.